The van der Waals surface area contributed by atoms with Crippen molar-refractivity contribution in [3.63, 3.8) is 0 Å². The first kappa shape index (κ1) is 173. The maximum absolute atomic E-state index is 0. The maximum atomic E-state index is 0. The van der Waals surface area contributed by atoms with Gasteiger partial charge in [0.2, 0.25) is 0 Å². The van der Waals surface area contributed by atoms with E-state index in [1.807, 2.05) is 0 Å². The Morgan fingerprint density at radius 2 is 0.286 bits per heavy atom. The first-order chi connectivity index (χ1) is 0. The molecule has 0 N–H and O–H groups in total. The van der Waals surface area contributed by atoms with E-state index in [2.05, 4.69) is 0 Å². The second kappa shape index (κ2) is 116. The van der Waals surface area contributed by atoms with E-state index in [-0.39, 0.29) is 81.9 Å². The molecule has 0 aliphatic carbocycles. The lowest BCUT2D eigenvalue weighted by molar-refractivity contribution is 2.50. The van der Waals surface area contributed by atoms with Gasteiger partial charge in [-0.05, 0) is 0 Å². The van der Waals surface area contributed by atoms with Gasteiger partial charge in [0.15, 0.2) is 0 Å². The van der Waals surface area contributed by atoms with Crippen LogP contribution in [0, 0.1) is 0 Å². The van der Waals surface area contributed by atoms with E-state index in [1.165, 1.54) is 0 Å². The molecule has 0 saturated carbocycles. The molecule has 0 spiro atoms. The summed E-state index contributed by atoms with van der Waals surface area (Å²) in [6.07, 6.45) is 0. The Labute approximate surface area is 81.7 Å². The number of halogens is 6. The molecule has 0 aromatic carbocycles. The molecule has 7 heavy (non-hydrogen) atoms. The van der Waals surface area contributed by atoms with Gasteiger partial charge in [-0.15, -0.1) is 74.4 Å². The molecule has 0 nitrogen and oxygen atoms in total. The molecular formula is CH10Cl6. The Morgan fingerprint density at radius 3 is 0.286 bits per heavy atom. The van der Waals surface area contributed by atoms with Gasteiger partial charge in [0, 0.05) is 0 Å². The fourth-order valence-corrected chi connectivity index (χ4v) is 0. The molecular weight excluding hydrogens is 225 g/mol. The fraction of sp³-hybridized carbons (Fsp3) is 1.00. The summed E-state index contributed by atoms with van der Waals surface area (Å²) in [6, 6.07) is 0. The van der Waals surface area contributed by atoms with Crippen molar-refractivity contribution in [3.05, 3.63) is 0 Å². The van der Waals surface area contributed by atoms with E-state index in [9.17, 15) is 0 Å². The molecule has 56 valence electrons. The lowest BCUT2D eigenvalue weighted by atomic mass is 12.0. The molecule has 0 saturated heterocycles. The van der Waals surface area contributed by atoms with Crippen molar-refractivity contribution in [1.82, 2.24) is 0 Å². The van der Waals surface area contributed by atoms with Crippen LogP contribution in [0.3, 0.4) is 0 Å². The van der Waals surface area contributed by atoms with Gasteiger partial charge >= 0.3 is 0 Å². The highest BCUT2D eigenvalue weighted by molar-refractivity contribution is 5.86. The minimum atomic E-state index is 0. The van der Waals surface area contributed by atoms with Crippen molar-refractivity contribution >= 4 is 74.4 Å². The van der Waals surface area contributed by atoms with Crippen LogP contribution in [0.1, 0.15) is 7.43 Å². The normalized spacial score (nSPS) is 0. The van der Waals surface area contributed by atoms with Crippen LogP contribution in [-0.4, -0.2) is 0 Å². The average Bonchev–Trinajstić information content (AvgIpc) is 0. The SMILES string of the molecule is C.Cl.Cl.Cl.Cl.Cl.Cl. The largest absolute Gasteiger partial charge is 0.147 e. The summed E-state index contributed by atoms with van der Waals surface area (Å²) in [4.78, 5) is 0. The molecule has 6 heteroatoms. The van der Waals surface area contributed by atoms with Crippen LogP contribution in [0.25, 0.3) is 0 Å². The van der Waals surface area contributed by atoms with E-state index in [0.29, 0.717) is 0 Å². The van der Waals surface area contributed by atoms with E-state index in [4.69, 9.17) is 0 Å². The minimum absolute atomic E-state index is 0. The zero-order valence-corrected chi connectivity index (χ0v) is 7.35. The highest BCUT2D eigenvalue weighted by atomic mass is 35.5. The first-order valence-corrected chi connectivity index (χ1v) is 0. The van der Waals surface area contributed by atoms with Crippen molar-refractivity contribution in [3.8, 4) is 0 Å². The Balaban J connectivity index is 0. The van der Waals surface area contributed by atoms with Crippen LogP contribution in [0.5, 0.6) is 0 Å². The second-order valence-electron chi connectivity index (χ2n) is 0. The molecule has 0 fully saturated rings. The van der Waals surface area contributed by atoms with Gasteiger partial charge in [-0.3, -0.25) is 0 Å². The molecule has 0 atom stereocenters. The van der Waals surface area contributed by atoms with Gasteiger partial charge in [0.1, 0.15) is 0 Å². The fourth-order valence-electron chi connectivity index (χ4n) is 0. The first-order valence-electron chi connectivity index (χ1n) is 0. The standard InChI is InChI=1S/CH4.6ClH/h1H4;6*1H. The highest BCUT2D eigenvalue weighted by Gasteiger charge is -0.0775. The van der Waals surface area contributed by atoms with Crippen LogP contribution in [0.15, 0.2) is 0 Å². The third-order valence-corrected chi connectivity index (χ3v) is 0. The summed E-state index contributed by atoms with van der Waals surface area (Å²) in [7, 11) is 0. The topological polar surface area (TPSA) is 0 Å². The van der Waals surface area contributed by atoms with Crippen molar-refractivity contribution in [2.75, 3.05) is 0 Å². The third-order valence-electron chi connectivity index (χ3n) is 0. The summed E-state index contributed by atoms with van der Waals surface area (Å²) in [5, 5.41) is 0. The zero-order valence-electron chi connectivity index (χ0n) is 2.45. The molecule has 0 aromatic rings. The summed E-state index contributed by atoms with van der Waals surface area (Å²) in [5.41, 5.74) is 0. The van der Waals surface area contributed by atoms with Crippen LogP contribution in [0.4, 0.5) is 0 Å². The van der Waals surface area contributed by atoms with E-state index < -0.39 is 0 Å². The Bertz CT molecular complexity index is 4.14. The van der Waals surface area contributed by atoms with Crippen LogP contribution >= 0.6 is 74.4 Å². The summed E-state index contributed by atoms with van der Waals surface area (Å²) in [6.45, 7) is 0. The van der Waals surface area contributed by atoms with Gasteiger partial charge < -0.3 is 0 Å². The Morgan fingerprint density at radius 1 is 0.286 bits per heavy atom. The smallest absolute Gasteiger partial charge is 0.0776 e. The van der Waals surface area contributed by atoms with Gasteiger partial charge in [0.25, 0.3) is 0 Å². The average molecular weight is 235 g/mol. The lowest BCUT2D eigenvalue weighted by Crippen LogP contribution is 0.144. The quantitative estimate of drug-likeness (QED) is 0.604. The number of hydrogen-bond acceptors (Lipinski definition) is 0. The van der Waals surface area contributed by atoms with Crippen molar-refractivity contribution < 1.29 is 0 Å². The zero-order chi connectivity index (χ0) is 0. The Hall–Kier alpha value is 1.74. The molecule has 0 radical (unpaired) electrons. The van der Waals surface area contributed by atoms with E-state index in [0.717, 1.165) is 0 Å². The monoisotopic (exact) mass is 232 g/mol. The Kier molecular flexibility index (Phi) is 2870. The van der Waals surface area contributed by atoms with Crippen molar-refractivity contribution in [1.29, 1.82) is 0 Å². The molecule has 0 amide bonds. The third kappa shape index (κ3) is 84.2. The van der Waals surface area contributed by atoms with Gasteiger partial charge in [-0.25, -0.2) is 0 Å². The number of hydrogen-bond donors (Lipinski definition) is 0. The minimum Gasteiger partial charge on any atom is -0.147 e. The second-order valence-corrected chi connectivity index (χ2v) is 0. The summed E-state index contributed by atoms with van der Waals surface area (Å²) in [5.74, 6) is 0. The van der Waals surface area contributed by atoms with Gasteiger partial charge in [0.05, 0.1) is 0 Å². The predicted molar refractivity (Wildman–Crippen MR) is 50.2 cm³/mol. The van der Waals surface area contributed by atoms with Crippen molar-refractivity contribution in [2.45, 2.75) is 7.43 Å². The molecule has 0 rings (SSSR count). The van der Waals surface area contributed by atoms with Crippen LogP contribution in [-0.2, 0) is 0 Å². The van der Waals surface area contributed by atoms with Gasteiger partial charge in [-0.1, -0.05) is 7.43 Å². The summed E-state index contributed by atoms with van der Waals surface area (Å²) >= 11 is 0. The van der Waals surface area contributed by atoms with E-state index in [1.54, 1.807) is 0 Å². The van der Waals surface area contributed by atoms with Crippen molar-refractivity contribution in [2.24, 2.45) is 0 Å². The van der Waals surface area contributed by atoms with E-state index >= 15 is 0 Å². The highest BCUT2D eigenvalue weighted by Crippen LogP contribution is 0.695. The maximum Gasteiger partial charge on any atom is -0.0776 e. The summed E-state index contributed by atoms with van der Waals surface area (Å²) < 4.78 is 0. The number of rotatable bonds is 0. The molecule has 0 aliphatic rings. The lowest BCUT2D eigenvalue weighted by Gasteiger charge is -0.148. The molecule has 0 unspecified atom stereocenters. The molecule has 0 heterocycles. The molecule has 0 bridgehead atoms. The molecule has 0 aromatic heterocycles. The van der Waals surface area contributed by atoms with Crippen LogP contribution < -0.4 is 0 Å². The van der Waals surface area contributed by atoms with Gasteiger partial charge in [-0.2, -0.15) is 0 Å². The molecule has 0 aliphatic heterocycles. The predicted octanol–water partition coefficient (Wildman–Crippen LogP) is 3.17. The van der Waals surface area contributed by atoms with Crippen LogP contribution in [0.2, 0.25) is 0 Å².